The van der Waals surface area contributed by atoms with Gasteiger partial charge < -0.3 is 10.4 Å². The van der Waals surface area contributed by atoms with Crippen LogP contribution in [0.3, 0.4) is 0 Å². The Bertz CT molecular complexity index is 414. The molecule has 0 heterocycles. The van der Waals surface area contributed by atoms with Crippen molar-refractivity contribution in [2.75, 3.05) is 23.9 Å². The lowest BCUT2D eigenvalue weighted by Crippen LogP contribution is -2.42. The smallest absolute Gasteiger partial charge is 0.224 e. The number of carbonyl (C=O) groups is 1. The Kier molecular flexibility index (Phi) is 10.5. The summed E-state index contributed by atoms with van der Waals surface area (Å²) in [5, 5.41) is 12.4. The van der Waals surface area contributed by atoms with Gasteiger partial charge in [0.05, 0.1) is 18.6 Å². The van der Waals surface area contributed by atoms with Gasteiger partial charge in [0.15, 0.2) is 0 Å². The van der Waals surface area contributed by atoms with Crippen LogP contribution >= 0.6 is 24.4 Å². The fourth-order valence-corrected chi connectivity index (χ4v) is 3.38. The molecular formula is C17H27NO2S2. The van der Waals surface area contributed by atoms with Crippen LogP contribution in [0.5, 0.6) is 0 Å². The molecule has 0 saturated carbocycles. The molecule has 2 atom stereocenters. The number of thiol groups is 1. The number of amides is 1. The molecule has 2 N–H and O–H groups in total. The first-order valence-electron chi connectivity index (χ1n) is 7.85. The van der Waals surface area contributed by atoms with E-state index in [1.807, 2.05) is 42.1 Å². The Morgan fingerprint density at radius 2 is 2.05 bits per heavy atom. The van der Waals surface area contributed by atoms with E-state index in [4.69, 9.17) is 0 Å². The minimum Gasteiger partial charge on any atom is -0.394 e. The molecule has 1 amide bonds. The van der Waals surface area contributed by atoms with Gasteiger partial charge in [-0.1, -0.05) is 37.3 Å². The lowest BCUT2D eigenvalue weighted by molar-refractivity contribution is -0.125. The van der Waals surface area contributed by atoms with Gasteiger partial charge in [-0.25, -0.2) is 0 Å². The molecule has 1 aromatic carbocycles. The minimum absolute atomic E-state index is 0.0109. The van der Waals surface area contributed by atoms with Crippen molar-refractivity contribution in [1.82, 2.24) is 5.32 Å². The zero-order chi connectivity index (χ0) is 16.2. The van der Waals surface area contributed by atoms with E-state index in [-0.39, 0.29) is 24.5 Å². The number of carbonyl (C=O) groups excluding carboxylic acids is 1. The van der Waals surface area contributed by atoms with Crippen molar-refractivity contribution in [1.29, 1.82) is 0 Å². The van der Waals surface area contributed by atoms with Crippen LogP contribution in [0.15, 0.2) is 30.3 Å². The maximum Gasteiger partial charge on any atom is 0.224 e. The van der Waals surface area contributed by atoms with E-state index in [1.54, 1.807) is 0 Å². The number of hydrogen-bond donors (Lipinski definition) is 3. The minimum atomic E-state index is -0.164. The average molecular weight is 342 g/mol. The number of aliphatic hydroxyl groups is 1. The van der Waals surface area contributed by atoms with E-state index >= 15 is 0 Å². The van der Waals surface area contributed by atoms with Crippen molar-refractivity contribution < 1.29 is 9.90 Å². The summed E-state index contributed by atoms with van der Waals surface area (Å²) in [5.41, 5.74) is 1.13. The highest BCUT2D eigenvalue weighted by molar-refractivity contribution is 7.99. The van der Waals surface area contributed by atoms with E-state index in [2.05, 4.69) is 24.9 Å². The maximum atomic E-state index is 12.4. The summed E-state index contributed by atoms with van der Waals surface area (Å²) in [6.45, 7) is 2.14. The molecule has 1 rings (SSSR count). The Morgan fingerprint density at radius 1 is 1.32 bits per heavy atom. The summed E-state index contributed by atoms with van der Waals surface area (Å²) >= 11 is 6.17. The van der Waals surface area contributed by atoms with Crippen molar-refractivity contribution >= 4 is 30.3 Å². The predicted octanol–water partition coefficient (Wildman–Crippen LogP) is 2.79. The molecule has 0 saturated heterocycles. The highest BCUT2D eigenvalue weighted by Crippen LogP contribution is 2.12. The van der Waals surface area contributed by atoms with Crippen LogP contribution in [0.25, 0.3) is 0 Å². The van der Waals surface area contributed by atoms with Gasteiger partial charge in [-0.05, 0) is 36.3 Å². The van der Waals surface area contributed by atoms with Gasteiger partial charge in [-0.2, -0.15) is 24.4 Å². The number of rotatable bonds is 11. The zero-order valence-electron chi connectivity index (χ0n) is 13.2. The van der Waals surface area contributed by atoms with Gasteiger partial charge in [0.25, 0.3) is 0 Å². The second kappa shape index (κ2) is 11.9. The van der Waals surface area contributed by atoms with Crippen LogP contribution in [0, 0.1) is 5.92 Å². The number of nitrogens with one attached hydrogen (secondary N) is 1. The highest BCUT2D eigenvalue weighted by atomic mass is 32.2. The van der Waals surface area contributed by atoms with Crippen molar-refractivity contribution in [2.45, 2.75) is 32.2 Å². The van der Waals surface area contributed by atoms with Gasteiger partial charge in [-0.3, -0.25) is 4.79 Å². The first-order chi connectivity index (χ1) is 10.7. The second-order valence-electron chi connectivity index (χ2n) is 5.36. The molecule has 0 radical (unpaired) electrons. The van der Waals surface area contributed by atoms with Gasteiger partial charge in [0.1, 0.15) is 0 Å². The predicted molar refractivity (Wildman–Crippen MR) is 98.7 cm³/mol. The monoisotopic (exact) mass is 341 g/mol. The Morgan fingerprint density at radius 3 is 2.64 bits per heavy atom. The van der Waals surface area contributed by atoms with Gasteiger partial charge in [0, 0.05) is 5.75 Å². The molecule has 0 spiro atoms. The lowest BCUT2D eigenvalue weighted by Gasteiger charge is -2.20. The van der Waals surface area contributed by atoms with Crippen LogP contribution in [-0.4, -0.2) is 40.9 Å². The van der Waals surface area contributed by atoms with E-state index in [0.29, 0.717) is 12.2 Å². The van der Waals surface area contributed by atoms with E-state index < -0.39 is 0 Å². The molecule has 124 valence electrons. The van der Waals surface area contributed by atoms with E-state index in [9.17, 15) is 9.90 Å². The van der Waals surface area contributed by atoms with Crippen molar-refractivity contribution in [3.05, 3.63) is 35.9 Å². The first kappa shape index (κ1) is 19.4. The van der Waals surface area contributed by atoms with Gasteiger partial charge in [-0.15, -0.1) is 0 Å². The third-order valence-corrected chi connectivity index (χ3v) is 5.10. The van der Waals surface area contributed by atoms with Crippen LogP contribution < -0.4 is 5.32 Å². The number of hydrogen-bond acceptors (Lipinski definition) is 4. The molecule has 0 aliphatic rings. The molecule has 0 unspecified atom stereocenters. The van der Waals surface area contributed by atoms with Gasteiger partial charge in [0.2, 0.25) is 5.91 Å². The molecule has 0 aliphatic heterocycles. The third-order valence-electron chi connectivity index (χ3n) is 3.44. The van der Waals surface area contributed by atoms with Crippen LogP contribution in [0.4, 0.5) is 0 Å². The van der Waals surface area contributed by atoms with E-state index in [1.165, 1.54) is 0 Å². The summed E-state index contributed by atoms with van der Waals surface area (Å²) < 4.78 is 0. The normalized spacial score (nSPS) is 13.6. The Hall–Kier alpha value is -0.650. The quantitative estimate of drug-likeness (QED) is 0.428. The Balaban J connectivity index is 2.45. The summed E-state index contributed by atoms with van der Waals surface area (Å²) in [5.74, 6) is 2.41. The molecule has 3 nitrogen and oxygen atoms in total. The first-order valence-corrected chi connectivity index (χ1v) is 9.63. The van der Waals surface area contributed by atoms with Crippen molar-refractivity contribution in [2.24, 2.45) is 5.92 Å². The van der Waals surface area contributed by atoms with Crippen molar-refractivity contribution in [3.63, 3.8) is 0 Å². The molecule has 0 aromatic heterocycles. The van der Waals surface area contributed by atoms with Crippen molar-refractivity contribution in [3.8, 4) is 0 Å². The summed E-state index contributed by atoms with van der Waals surface area (Å²) in [7, 11) is 0. The summed E-state index contributed by atoms with van der Waals surface area (Å²) in [4.78, 5) is 12.4. The highest BCUT2D eigenvalue weighted by Gasteiger charge is 2.20. The van der Waals surface area contributed by atoms with Crippen LogP contribution in [0.2, 0.25) is 0 Å². The third kappa shape index (κ3) is 7.56. The molecule has 0 bridgehead atoms. The summed E-state index contributed by atoms with van der Waals surface area (Å²) in [6, 6.07) is 9.81. The molecule has 5 heteroatoms. The zero-order valence-corrected chi connectivity index (χ0v) is 14.9. The standard InChI is InChI=1S/C17H27NO2S2/c1-2-9-22-10-8-16(12-19)18-17(20)15(13-21)11-14-6-4-3-5-7-14/h3-7,15-16,19,21H,2,8-13H2,1H3,(H,18,20)/t15-,16+/m1/s1. The second-order valence-corrected chi connectivity index (χ2v) is 6.95. The lowest BCUT2D eigenvalue weighted by atomic mass is 9.99. The van der Waals surface area contributed by atoms with Gasteiger partial charge >= 0.3 is 0 Å². The average Bonchev–Trinajstić information content (AvgIpc) is 2.56. The fraction of sp³-hybridized carbons (Fsp3) is 0.588. The Labute approximate surface area is 143 Å². The largest absolute Gasteiger partial charge is 0.394 e. The number of thioether (sulfide) groups is 1. The SMILES string of the molecule is CCCSCC[C@@H](CO)NC(=O)[C@@H](CS)Cc1ccccc1. The molecule has 22 heavy (non-hydrogen) atoms. The van der Waals surface area contributed by atoms with Crippen LogP contribution in [0.1, 0.15) is 25.3 Å². The molecule has 0 fully saturated rings. The number of benzene rings is 1. The topological polar surface area (TPSA) is 49.3 Å². The summed E-state index contributed by atoms with van der Waals surface area (Å²) in [6.07, 6.45) is 2.63. The maximum absolute atomic E-state index is 12.4. The number of aliphatic hydroxyl groups excluding tert-OH is 1. The molecule has 1 aromatic rings. The molecule has 0 aliphatic carbocycles. The fourth-order valence-electron chi connectivity index (χ4n) is 2.14. The van der Waals surface area contributed by atoms with E-state index in [0.717, 1.165) is 29.9 Å². The van der Waals surface area contributed by atoms with Crippen LogP contribution in [-0.2, 0) is 11.2 Å². The molecular weight excluding hydrogens is 314 g/mol.